The molecule has 18 heavy (non-hydrogen) atoms. The van der Waals surface area contributed by atoms with Gasteiger partial charge in [-0.2, -0.15) is 4.31 Å². The second-order valence-electron chi connectivity index (χ2n) is 4.48. The van der Waals surface area contributed by atoms with Crippen molar-refractivity contribution in [2.24, 2.45) is 0 Å². The van der Waals surface area contributed by atoms with E-state index in [0.29, 0.717) is 19.5 Å². The van der Waals surface area contributed by atoms with E-state index in [9.17, 15) is 13.5 Å². The molecule has 1 aliphatic rings. The molecule has 1 unspecified atom stereocenters. The molecule has 1 saturated heterocycles. The second-order valence-corrected chi connectivity index (χ2v) is 6.42. The molecule has 1 aromatic carbocycles. The molecule has 0 radical (unpaired) electrons. The molecule has 2 rings (SSSR count). The summed E-state index contributed by atoms with van der Waals surface area (Å²) in [4.78, 5) is 0.288. The molecular weight excluding hydrogens is 252 g/mol. The third kappa shape index (κ3) is 2.72. The molecule has 1 fully saturated rings. The Bertz CT molecular complexity index is 499. The number of benzene rings is 1. The standard InChI is InChI=1S/C12H18N2O3S/c1-13-8-10-2-4-12(5-3-10)18(16,17)14-7-6-11(15)9-14/h2-5,11,13,15H,6-9H2,1H3. The van der Waals surface area contributed by atoms with Crippen molar-refractivity contribution < 1.29 is 13.5 Å². The Hall–Kier alpha value is -0.950. The van der Waals surface area contributed by atoms with Crippen LogP contribution >= 0.6 is 0 Å². The highest BCUT2D eigenvalue weighted by molar-refractivity contribution is 7.89. The van der Waals surface area contributed by atoms with Gasteiger partial charge in [-0.1, -0.05) is 12.1 Å². The summed E-state index contributed by atoms with van der Waals surface area (Å²) in [6, 6.07) is 6.84. The maximum Gasteiger partial charge on any atom is 0.243 e. The number of aliphatic hydroxyl groups is 1. The lowest BCUT2D eigenvalue weighted by atomic mass is 10.2. The molecule has 0 saturated carbocycles. The zero-order valence-electron chi connectivity index (χ0n) is 10.3. The molecule has 0 amide bonds. The number of hydrogen-bond acceptors (Lipinski definition) is 4. The van der Waals surface area contributed by atoms with Crippen LogP contribution in [0.3, 0.4) is 0 Å². The molecule has 5 nitrogen and oxygen atoms in total. The highest BCUT2D eigenvalue weighted by Gasteiger charge is 2.31. The molecule has 1 atom stereocenters. The Morgan fingerprint density at radius 2 is 2.06 bits per heavy atom. The summed E-state index contributed by atoms with van der Waals surface area (Å²) in [5.41, 5.74) is 1.04. The number of sulfonamides is 1. The summed E-state index contributed by atoms with van der Waals surface area (Å²) in [6.07, 6.45) is -0.0276. The van der Waals surface area contributed by atoms with Crippen molar-refractivity contribution in [3.8, 4) is 0 Å². The van der Waals surface area contributed by atoms with Crippen molar-refractivity contribution >= 4 is 10.0 Å². The number of nitrogens with zero attached hydrogens (tertiary/aromatic N) is 1. The molecule has 0 spiro atoms. The van der Waals surface area contributed by atoms with Crippen LogP contribution in [-0.4, -0.2) is 44.1 Å². The summed E-state index contributed by atoms with van der Waals surface area (Å²) in [5.74, 6) is 0. The number of aliphatic hydroxyl groups excluding tert-OH is 1. The third-order valence-electron chi connectivity index (χ3n) is 3.07. The summed E-state index contributed by atoms with van der Waals surface area (Å²) in [6.45, 7) is 1.30. The number of rotatable bonds is 4. The molecule has 1 aliphatic heterocycles. The zero-order chi connectivity index (χ0) is 13.2. The molecule has 2 N–H and O–H groups in total. The van der Waals surface area contributed by atoms with Crippen molar-refractivity contribution in [1.29, 1.82) is 0 Å². The fraction of sp³-hybridized carbons (Fsp3) is 0.500. The lowest BCUT2D eigenvalue weighted by Crippen LogP contribution is -2.29. The van der Waals surface area contributed by atoms with E-state index in [4.69, 9.17) is 0 Å². The quantitative estimate of drug-likeness (QED) is 0.818. The van der Waals surface area contributed by atoms with Gasteiger partial charge in [0.05, 0.1) is 11.0 Å². The van der Waals surface area contributed by atoms with E-state index in [1.165, 1.54) is 4.31 Å². The first-order valence-corrected chi connectivity index (χ1v) is 7.40. The maximum absolute atomic E-state index is 12.2. The molecular formula is C12H18N2O3S. The van der Waals surface area contributed by atoms with Gasteiger partial charge >= 0.3 is 0 Å². The Morgan fingerprint density at radius 3 is 2.56 bits per heavy atom. The van der Waals surface area contributed by atoms with Gasteiger partial charge in [-0.15, -0.1) is 0 Å². The van der Waals surface area contributed by atoms with Gasteiger partial charge in [-0.3, -0.25) is 0 Å². The van der Waals surface area contributed by atoms with Crippen LogP contribution in [0.1, 0.15) is 12.0 Å². The summed E-state index contributed by atoms with van der Waals surface area (Å²) in [7, 11) is -1.61. The molecule has 0 aliphatic carbocycles. The minimum absolute atomic E-state index is 0.195. The van der Waals surface area contributed by atoms with Gasteiger partial charge in [0.1, 0.15) is 0 Å². The number of hydrogen-bond donors (Lipinski definition) is 2. The fourth-order valence-corrected chi connectivity index (χ4v) is 3.55. The van der Waals surface area contributed by atoms with E-state index >= 15 is 0 Å². The van der Waals surface area contributed by atoms with Crippen LogP contribution in [0, 0.1) is 0 Å². The van der Waals surface area contributed by atoms with E-state index < -0.39 is 16.1 Å². The average Bonchev–Trinajstić information content (AvgIpc) is 2.78. The minimum Gasteiger partial charge on any atom is -0.392 e. The monoisotopic (exact) mass is 270 g/mol. The van der Waals surface area contributed by atoms with Crippen LogP contribution in [0.2, 0.25) is 0 Å². The number of β-amino-alcohol motifs (C(OH)–C–C–N with tert-alkyl or cyclic N) is 1. The zero-order valence-corrected chi connectivity index (χ0v) is 11.2. The molecule has 1 aromatic rings. The van der Waals surface area contributed by atoms with E-state index in [2.05, 4.69) is 5.32 Å². The van der Waals surface area contributed by atoms with Crippen molar-refractivity contribution in [3.63, 3.8) is 0 Å². The van der Waals surface area contributed by atoms with Crippen LogP contribution in [0.4, 0.5) is 0 Å². The summed E-state index contributed by atoms with van der Waals surface area (Å²) >= 11 is 0. The fourth-order valence-electron chi connectivity index (χ4n) is 2.06. The highest BCUT2D eigenvalue weighted by Crippen LogP contribution is 2.21. The lowest BCUT2D eigenvalue weighted by Gasteiger charge is -2.15. The van der Waals surface area contributed by atoms with Gasteiger partial charge in [0, 0.05) is 19.6 Å². The summed E-state index contributed by atoms with van der Waals surface area (Å²) < 4.78 is 25.8. The van der Waals surface area contributed by atoms with Gasteiger partial charge in [-0.25, -0.2) is 8.42 Å². The predicted molar refractivity (Wildman–Crippen MR) is 68.6 cm³/mol. The van der Waals surface area contributed by atoms with E-state index in [-0.39, 0.29) is 11.4 Å². The predicted octanol–water partition coefficient (Wildman–Crippen LogP) is 0.161. The molecule has 6 heteroatoms. The van der Waals surface area contributed by atoms with Crippen LogP contribution in [0.25, 0.3) is 0 Å². The van der Waals surface area contributed by atoms with E-state index in [1.807, 2.05) is 7.05 Å². The Balaban J connectivity index is 2.19. The molecule has 100 valence electrons. The maximum atomic E-state index is 12.2. The van der Waals surface area contributed by atoms with Crippen LogP contribution in [0.15, 0.2) is 29.2 Å². The van der Waals surface area contributed by atoms with Gasteiger partial charge in [-0.05, 0) is 31.2 Å². The van der Waals surface area contributed by atoms with Crippen molar-refractivity contribution in [1.82, 2.24) is 9.62 Å². The van der Waals surface area contributed by atoms with Crippen LogP contribution in [-0.2, 0) is 16.6 Å². The number of nitrogens with one attached hydrogen (secondary N) is 1. The SMILES string of the molecule is CNCc1ccc(S(=O)(=O)N2CCC(O)C2)cc1. The Kier molecular flexibility index (Phi) is 4.01. The molecule has 0 aromatic heterocycles. The van der Waals surface area contributed by atoms with Crippen molar-refractivity contribution in [2.45, 2.75) is 24.0 Å². The lowest BCUT2D eigenvalue weighted by molar-refractivity contribution is 0.189. The normalized spacial score (nSPS) is 21.3. The first-order chi connectivity index (χ1) is 8.54. The Morgan fingerprint density at radius 1 is 1.39 bits per heavy atom. The first kappa shape index (κ1) is 13.5. The van der Waals surface area contributed by atoms with Gasteiger partial charge in [0.2, 0.25) is 10.0 Å². The second kappa shape index (κ2) is 5.36. The van der Waals surface area contributed by atoms with Gasteiger partial charge < -0.3 is 10.4 Å². The summed E-state index contributed by atoms with van der Waals surface area (Å²) in [5, 5.41) is 12.4. The molecule has 1 heterocycles. The Labute approximate surface area is 107 Å². The van der Waals surface area contributed by atoms with Crippen LogP contribution < -0.4 is 5.32 Å². The van der Waals surface area contributed by atoms with Crippen molar-refractivity contribution in [3.05, 3.63) is 29.8 Å². The highest BCUT2D eigenvalue weighted by atomic mass is 32.2. The first-order valence-electron chi connectivity index (χ1n) is 5.96. The minimum atomic E-state index is -3.45. The molecule has 0 bridgehead atoms. The smallest absolute Gasteiger partial charge is 0.243 e. The van der Waals surface area contributed by atoms with Crippen molar-refractivity contribution in [2.75, 3.05) is 20.1 Å². The largest absolute Gasteiger partial charge is 0.392 e. The average molecular weight is 270 g/mol. The van der Waals surface area contributed by atoms with E-state index in [0.717, 1.165) is 5.56 Å². The van der Waals surface area contributed by atoms with Crippen LogP contribution in [0.5, 0.6) is 0 Å². The van der Waals surface area contributed by atoms with E-state index in [1.54, 1.807) is 24.3 Å². The topological polar surface area (TPSA) is 69.6 Å². The third-order valence-corrected chi connectivity index (χ3v) is 4.95. The van der Waals surface area contributed by atoms with Gasteiger partial charge in [0.25, 0.3) is 0 Å². The van der Waals surface area contributed by atoms with Gasteiger partial charge in [0.15, 0.2) is 0 Å².